The molecular weight excluding hydrogens is 455 g/mol. The van der Waals surface area contributed by atoms with Crippen molar-refractivity contribution in [2.24, 2.45) is 5.92 Å². The molecule has 4 rings (SSSR count). The number of hydrogen-bond acceptors (Lipinski definition) is 6. The Morgan fingerprint density at radius 3 is 3.00 bits per heavy atom. The minimum atomic E-state index is -0.663. The minimum Gasteiger partial charge on any atom is -0.491 e. The lowest BCUT2D eigenvalue weighted by Crippen LogP contribution is -2.48. The molecule has 2 aromatic rings. The Kier molecular flexibility index (Phi) is 8.72. The van der Waals surface area contributed by atoms with Crippen molar-refractivity contribution in [1.29, 1.82) is 0 Å². The topological polar surface area (TPSA) is 62.2 Å². The van der Waals surface area contributed by atoms with E-state index in [9.17, 15) is 14.3 Å². The van der Waals surface area contributed by atoms with Crippen molar-refractivity contribution in [1.82, 2.24) is 9.80 Å². The molecule has 6 nitrogen and oxygen atoms in total. The van der Waals surface area contributed by atoms with Gasteiger partial charge in [0.05, 0.1) is 31.9 Å². The molecule has 0 saturated heterocycles. The van der Waals surface area contributed by atoms with Crippen LogP contribution in [0.2, 0.25) is 0 Å². The van der Waals surface area contributed by atoms with Gasteiger partial charge in [-0.15, -0.1) is 17.9 Å². The van der Waals surface area contributed by atoms with Crippen LogP contribution in [-0.2, 0) is 16.0 Å². The van der Waals surface area contributed by atoms with Crippen LogP contribution in [0.25, 0.3) is 0 Å². The molecule has 0 unspecified atom stereocenters. The van der Waals surface area contributed by atoms with Crippen LogP contribution in [0.1, 0.15) is 29.3 Å². The molecule has 2 heterocycles. The zero-order valence-corrected chi connectivity index (χ0v) is 20.2. The molecule has 34 heavy (non-hydrogen) atoms. The average molecular weight is 489 g/mol. The Labute approximate surface area is 204 Å². The molecule has 0 bridgehead atoms. The Bertz CT molecular complexity index is 964. The van der Waals surface area contributed by atoms with Gasteiger partial charge in [0.1, 0.15) is 18.2 Å². The molecular formula is C26H33FN2O4S. The summed E-state index contributed by atoms with van der Waals surface area (Å²) < 4.78 is 24.9. The molecule has 1 aromatic carbocycles. The largest absolute Gasteiger partial charge is 0.491 e. The summed E-state index contributed by atoms with van der Waals surface area (Å²) in [7, 11) is 0. The highest BCUT2D eigenvalue weighted by molar-refractivity contribution is 7.10. The van der Waals surface area contributed by atoms with Crippen molar-refractivity contribution < 1.29 is 23.8 Å². The van der Waals surface area contributed by atoms with E-state index >= 15 is 0 Å². The molecule has 184 valence electrons. The van der Waals surface area contributed by atoms with Gasteiger partial charge in [0.25, 0.3) is 0 Å². The van der Waals surface area contributed by atoms with E-state index in [2.05, 4.69) is 17.5 Å². The summed E-state index contributed by atoms with van der Waals surface area (Å²) in [5.41, 5.74) is 1.10. The number of amides is 1. The van der Waals surface area contributed by atoms with Gasteiger partial charge in [-0.3, -0.25) is 9.69 Å². The smallest absolute Gasteiger partial charge is 0.237 e. The van der Waals surface area contributed by atoms with Crippen LogP contribution in [0.15, 0.2) is 48.4 Å². The van der Waals surface area contributed by atoms with Crippen molar-refractivity contribution in [3.63, 3.8) is 0 Å². The normalized spacial score (nSPS) is 18.6. The van der Waals surface area contributed by atoms with Crippen LogP contribution in [-0.4, -0.2) is 72.9 Å². The van der Waals surface area contributed by atoms with Gasteiger partial charge < -0.3 is 19.5 Å². The third-order valence-corrected chi connectivity index (χ3v) is 7.20. The lowest BCUT2D eigenvalue weighted by molar-refractivity contribution is -0.136. The van der Waals surface area contributed by atoms with Crippen LogP contribution >= 0.6 is 11.3 Å². The van der Waals surface area contributed by atoms with Gasteiger partial charge in [0.15, 0.2) is 0 Å². The van der Waals surface area contributed by atoms with E-state index in [0.29, 0.717) is 31.4 Å². The Morgan fingerprint density at radius 1 is 1.38 bits per heavy atom. The number of ether oxygens (including phenoxy) is 2. The van der Waals surface area contributed by atoms with Crippen LogP contribution in [0.5, 0.6) is 5.75 Å². The first kappa shape index (κ1) is 24.9. The van der Waals surface area contributed by atoms with Crippen molar-refractivity contribution >= 4 is 17.2 Å². The van der Waals surface area contributed by atoms with Crippen molar-refractivity contribution in [3.8, 4) is 5.75 Å². The molecule has 1 aliphatic carbocycles. The van der Waals surface area contributed by atoms with Gasteiger partial charge in [-0.1, -0.05) is 12.1 Å². The Balaban J connectivity index is 1.42. The fraction of sp³-hybridized carbons (Fsp3) is 0.500. The summed E-state index contributed by atoms with van der Waals surface area (Å²) in [6.45, 7) is 6.54. The molecule has 8 heteroatoms. The fourth-order valence-corrected chi connectivity index (χ4v) is 5.32. The molecule has 2 aliphatic rings. The number of nitrogens with zero attached hydrogens (tertiary/aromatic N) is 2. The molecule has 1 aliphatic heterocycles. The Morgan fingerprint density at radius 2 is 2.24 bits per heavy atom. The number of fused-ring (bicyclic) bond motifs is 1. The van der Waals surface area contributed by atoms with E-state index in [1.807, 2.05) is 10.3 Å². The number of halogens is 1. The van der Waals surface area contributed by atoms with E-state index in [1.165, 1.54) is 29.9 Å². The highest BCUT2D eigenvalue weighted by Gasteiger charge is 2.34. The Hall–Kier alpha value is -2.26. The molecule has 0 radical (unpaired) electrons. The summed E-state index contributed by atoms with van der Waals surface area (Å²) in [5.74, 6) is 0.708. The third-order valence-electron chi connectivity index (χ3n) is 6.21. The summed E-state index contributed by atoms with van der Waals surface area (Å²) in [6.07, 6.45) is 4.14. The quantitative estimate of drug-likeness (QED) is 0.344. The van der Waals surface area contributed by atoms with Gasteiger partial charge in [0.2, 0.25) is 5.91 Å². The summed E-state index contributed by atoms with van der Waals surface area (Å²) in [4.78, 5) is 18.7. The molecule has 0 spiro atoms. The predicted octanol–water partition coefficient (Wildman–Crippen LogP) is 3.67. The minimum absolute atomic E-state index is 0.0181. The SMILES string of the molecule is C=CCOC[C@@H](O)CN(CC(=O)N1CCc2sccc2[C@H]1COc1cccc(F)c1)CC1CC1. The zero-order chi connectivity index (χ0) is 23.9. The van der Waals surface area contributed by atoms with Crippen LogP contribution in [0.3, 0.4) is 0 Å². The number of aliphatic hydroxyl groups is 1. The number of aliphatic hydroxyl groups excluding tert-OH is 1. The number of carbonyl (C=O) groups is 1. The van der Waals surface area contributed by atoms with Crippen LogP contribution in [0.4, 0.5) is 4.39 Å². The standard InChI is InChI=1S/C26H33FN2O4S/c1-2-11-32-17-21(30)15-28(14-19-6-7-19)16-26(31)29-10-8-25-23(9-12-34-25)24(29)18-33-22-5-3-4-20(27)13-22/h2-5,9,12-13,19,21,24,30H,1,6-8,10-11,14-18H2/t21-,24+/m0/s1. The van der Waals surface area contributed by atoms with Gasteiger partial charge in [0, 0.05) is 30.6 Å². The second kappa shape index (κ2) is 11.9. The van der Waals surface area contributed by atoms with E-state index in [-0.39, 0.29) is 37.5 Å². The highest BCUT2D eigenvalue weighted by atomic mass is 32.1. The molecule has 1 fully saturated rings. The molecule has 1 aromatic heterocycles. The zero-order valence-electron chi connectivity index (χ0n) is 19.4. The lowest BCUT2D eigenvalue weighted by atomic mass is 10.0. The van der Waals surface area contributed by atoms with Gasteiger partial charge in [-0.25, -0.2) is 4.39 Å². The third kappa shape index (κ3) is 6.88. The van der Waals surface area contributed by atoms with Crippen molar-refractivity contribution in [2.45, 2.75) is 31.4 Å². The second-order valence-corrected chi connectivity index (χ2v) is 10.0. The monoisotopic (exact) mass is 488 g/mol. The first-order valence-corrected chi connectivity index (χ1v) is 12.7. The first-order chi connectivity index (χ1) is 16.5. The predicted molar refractivity (Wildman–Crippen MR) is 131 cm³/mol. The lowest BCUT2D eigenvalue weighted by Gasteiger charge is -2.37. The van der Waals surface area contributed by atoms with Crippen LogP contribution in [0, 0.1) is 11.7 Å². The number of benzene rings is 1. The molecule has 1 amide bonds. The highest BCUT2D eigenvalue weighted by Crippen LogP contribution is 2.34. The maximum absolute atomic E-state index is 13.6. The van der Waals surface area contributed by atoms with E-state index in [0.717, 1.165) is 18.5 Å². The molecule has 1 N–H and O–H groups in total. The van der Waals surface area contributed by atoms with E-state index in [1.54, 1.807) is 29.5 Å². The van der Waals surface area contributed by atoms with E-state index < -0.39 is 6.10 Å². The maximum atomic E-state index is 13.6. The van der Waals surface area contributed by atoms with Crippen molar-refractivity contribution in [3.05, 3.63) is 64.6 Å². The number of thiophene rings is 1. The second-order valence-electron chi connectivity index (χ2n) is 9.04. The maximum Gasteiger partial charge on any atom is 0.237 e. The summed E-state index contributed by atoms with van der Waals surface area (Å²) >= 11 is 1.70. The van der Waals surface area contributed by atoms with E-state index in [4.69, 9.17) is 9.47 Å². The summed E-state index contributed by atoms with van der Waals surface area (Å²) in [6, 6.07) is 7.91. The van der Waals surface area contributed by atoms with Crippen LogP contribution < -0.4 is 4.74 Å². The summed E-state index contributed by atoms with van der Waals surface area (Å²) in [5, 5.41) is 12.5. The van der Waals surface area contributed by atoms with Gasteiger partial charge in [-0.2, -0.15) is 0 Å². The number of hydrogen-bond donors (Lipinski definition) is 1. The fourth-order valence-electron chi connectivity index (χ4n) is 4.40. The first-order valence-electron chi connectivity index (χ1n) is 11.9. The molecule has 1 saturated carbocycles. The number of carbonyl (C=O) groups excluding carboxylic acids is 1. The average Bonchev–Trinajstić information content (AvgIpc) is 3.49. The van der Waals surface area contributed by atoms with Gasteiger partial charge >= 0.3 is 0 Å². The molecule has 2 atom stereocenters. The van der Waals surface area contributed by atoms with Crippen molar-refractivity contribution in [2.75, 3.05) is 46.0 Å². The number of rotatable bonds is 13. The van der Waals surface area contributed by atoms with Gasteiger partial charge in [-0.05, 0) is 54.3 Å².